The highest BCUT2D eigenvalue weighted by molar-refractivity contribution is 8.13. The van der Waals surface area contributed by atoms with Crippen LogP contribution in [0.25, 0.3) is 0 Å². The Kier molecular flexibility index (Phi) is 4.45. The van der Waals surface area contributed by atoms with Crippen molar-refractivity contribution >= 4 is 19.7 Å². The van der Waals surface area contributed by atoms with Crippen LogP contribution in [0.2, 0.25) is 0 Å². The predicted molar refractivity (Wildman–Crippen MR) is 51.5 cm³/mol. The Hall–Kier alpha value is 0.160. The lowest BCUT2D eigenvalue weighted by Gasteiger charge is -2.26. The van der Waals surface area contributed by atoms with Crippen LogP contribution in [-0.4, -0.2) is 51.9 Å². The molecule has 0 N–H and O–H groups in total. The molecule has 0 aliphatic carbocycles. The molecular weight excluding hydrogens is 214 g/mol. The maximum Gasteiger partial charge on any atom is 0.232 e. The highest BCUT2D eigenvalue weighted by Gasteiger charge is 2.11. The fourth-order valence-electron chi connectivity index (χ4n) is 1.29. The molecule has 1 saturated heterocycles. The Labute approximate surface area is 83.2 Å². The molecule has 6 heteroatoms. The third-order valence-electron chi connectivity index (χ3n) is 1.97. The van der Waals surface area contributed by atoms with Crippen LogP contribution in [0.4, 0.5) is 0 Å². The summed E-state index contributed by atoms with van der Waals surface area (Å²) in [6, 6.07) is 0. The van der Waals surface area contributed by atoms with Crippen molar-refractivity contribution in [3.8, 4) is 0 Å². The largest absolute Gasteiger partial charge is 0.379 e. The molecule has 1 fully saturated rings. The van der Waals surface area contributed by atoms with Gasteiger partial charge in [0.2, 0.25) is 9.05 Å². The smallest absolute Gasteiger partial charge is 0.232 e. The lowest BCUT2D eigenvalue weighted by atomic mass is 10.4. The first-order chi connectivity index (χ1) is 6.08. The number of nitrogens with zero attached hydrogens (tertiary/aromatic N) is 1. The van der Waals surface area contributed by atoms with E-state index in [9.17, 15) is 8.42 Å². The van der Waals surface area contributed by atoms with Gasteiger partial charge >= 0.3 is 0 Å². The quantitative estimate of drug-likeness (QED) is 0.648. The fourth-order valence-corrected chi connectivity index (χ4v) is 2.09. The minimum atomic E-state index is -3.31. The normalized spacial score (nSPS) is 20.4. The Bertz CT molecular complexity index is 236. The van der Waals surface area contributed by atoms with Gasteiger partial charge in [-0.1, -0.05) is 0 Å². The molecule has 0 bridgehead atoms. The van der Waals surface area contributed by atoms with Gasteiger partial charge in [-0.25, -0.2) is 8.42 Å². The first-order valence-electron chi connectivity index (χ1n) is 4.30. The molecule has 1 aliphatic heterocycles. The van der Waals surface area contributed by atoms with Crippen LogP contribution >= 0.6 is 10.7 Å². The Morgan fingerprint density at radius 3 is 2.46 bits per heavy atom. The SMILES string of the molecule is O=S(=O)(Cl)CCCN1CCOCC1. The third kappa shape index (κ3) is 5.46. The molecule has 0 radical (unpaired) electrons. The molecule has 0 unspecified atom stereocenters. The number of hydrogen-bond acceptors (Lipinski definition) is 4. The van der Waals surface area contributed by atoms with Crippen molar-refractivity contribution in [3.05, 3.63) is 0 Å². The average molecular weight is 228 g/mol. The lowest BCUT2D eigenvalue weighted by molar-refractivity contribution is 0.0381. The van der Waals surface area contributed by atoms with E-state index in [1.54, 1.807) is 0 Å². The van der Waals surface area contributed by atoms with Crippen molar-refractivity contribution in [1.29, 1.82) is 0 Å². The van der Waals surface area contributed by atoms with Crippen LogP contribution in [0.15, 0.2) is 0 Å². The van der Waals surface area contributed by atoms with E-state index >= 15 is 0 Å². The molecule has 0 aromatic carbocycles. The van der Waals surface area contributed by atoms with Gasteiger partial charge in [-0.05, 0) is 13.0 Å². The third-order valence-corrected chi connectivity index (χ3v) is 3.21. The van der Waals surface area contributed by atoms with E-state index in [1.807, 2.05) is 0 Å². The van der Waals surface area contributed by atoms with E-state index in [2.05, 4.69) is 4.90 Å². The summed E-state index contributed by atoms with van der Waals surface area (Å²) in [6.45, 7) is 4.06. The van der Waals surface area contributed by atoms with E-state index in [0.717, 1.165) is 32.8 Å². The van der Waals surface area contributed by atoms with Crippen molar-refractivity contribution < 1.29 is 13.2 Å². The minimum absolute atomic E-state index is 0.0614. The van der Waals surface area contributed by atoms with E-state index in [0.29, 0.717) is 6.42 Å². The van der Waals surface area contributed by atoms with Crippen molar-refractivity contribution in [2.75, 3.05) is 38.6 Å². The highest BCUT2D eigenvalue weighted by Crippen LogP contribution is 2.02. The van der Waals surface area contributed by atoms with Gasteiger partial charge in [-0.2, -0.15) is 0 Å². The van der Waals surface area contributed by atoms with Gasteiger partial charge in [0.05, 0.1) is 19.0 Å². The van der Waals surface area contributed by atoms with Gasteiger partial charge in [0, 0.05) is 23.8 Å². The zero-order valence-electron chi connectivity index (χ0n) is 7.41. The maximum atomic E-state index is 10.6. The van der Waals surface area contributed by atoms with Gasteiger partial charge < -0.3 is 4.74 Å². The molecule has 1 aliphatic rings. The molecule has 0 aromatic rings. The van der Waals surface area contributed by atoms with Crippen LogP contribution in [-0.2, 0) is 13.8 Å². The van der Waals surface area contributed by atoms with Crippen molar-refractivity contribution in [2.45, 2.75) is 6.42 Å². The number of morpholine rings is 1. The zero-order chi connectivity index (χ0) is 9.73. The first kappa shape index (κ1) is 11.2. The van der Waals surface area contributed by atoms with Gasteiger partial charge in [-0.15, -0.1) is 0 Å². The molecule has 0 amide bonds. The molecule has 4 nitrogen and oxygen atoms in total. The van der Waals surface area contributed by atoms with Gasteiger partial charge in [0.1, 0.15) is 0 Å². The van der Waals surface area contributed by atoms with Crippen molar-refractivity contribution in [3.63, 3.8) is 0 Å². The van der Waals surface area contributed by atoms with E-state index in [-0.39, 0.29) is 5.75 Å². The van der Waals surface area contributed by atoms with Gasteiger partial charge in [0.15, 0.2) is 0 Å². The van der Waals surface area contributed by atoms with Crippen LogP contribution in [0, 0.1) is 0 Å². The monoisotopic (exact) mass is 227 g/mol. The van der Waals surface area contributed by atoms with Crippen molar-refractivity contribution in [1.82, 2.24) is 4.90 Å². The maximum absolute atomic E-state index is 10.6. The predicted octanol–water partition coefficient (Wildman–Crippen LogP) is 0.277. The minimum Gasteiger partial charge on any atom is -0.379 e. The van der Waals surface area contributed by atoms with Crippen LogP contribution in [0.5, 0.6) is 0 Å². The second-order valence-electron chi connectivity index (χ2n) is 3.05. The summed E-state index contributed by atoms with van der Waals surface area (Å²) in [4.78, 5) is 2.19. The Balaban J connectivity index is 2.11. The van der Waals surface area contributed by atoms with E-state index < -0.39 is 9.05 Å². The zero-order valence-corrected chi connectivity index (χ0v) is 8.98. The lowest BCUT2D eigenvalue weighted by Crippen LogP contribution is -2.37. The summed E-state index contributed by atoms with van der Waals surface area (Å²) in [6.07, 6.45) is 0.603. The van der Waals surface area contributed by atoms with E-state index in [4.69, 9.17) is 15.4 Å². The fraction of sp³-hybridized carbons (Fsp3) is 1.00. The van der Waals surface area contributed by atoms with Crippen LogP contribution < -0.4 is 0 Å². The summed E-state index contributed by atoms with van der Waals surface area (Å²) in [5, 5.41) is 0. The summed E-state index contributed by atoms with van der Waals surface area (Å²) >= 11 is 0. The van der Waals surface area contributed by atoms with E-state index in [1.165, 1.54) is 0 Å². The number of hydrogen-bond donors (Lipinski definition) is 0. The average Bonchev–Trinajstić information content (AvgIpc) is 2.04. The van der Waals surface area contributed by atoms with Crippen LogP contribution in [0.1, 0.15) is 6.42 Å². The molecule has 1 rings (SSSR count). The Morgan fingerprint density at radius 1 is 1.31 bits per heavy atom. The highest BCUT2D eigenvalue weighted by atomic mass is 35.7. The van der Waals surface area contributed by atoms with Gasteiger partial charge in [-0.3, -0.25) is 4.90 Å². The summed E-state index contributed by atoms with van der Waals surface area (Å²) in [5.41, 5.74) is 0. The molecule has 0 aromatic heterocycles. The van der Waals surface area contributed by atoms with Gasteiger partial charge in [0.25, 0.3) is 0 Å². The summed E-state index contributed by atoms with van der Waals surface area (Å²) < 4.78 is 26.4. The molecule has 1 heterocycles. The number of rotatable bonds is 4. The molecule has 0 atom stereocenters. The molecule has 0 spiro atoms. The van der Waals surface area contributed by atoms with Crippen molar-refractivity contribution in [2.24, 2.45) is 0 Å². The number of ether oxygens (including phenoxy) is 1. The Morgan fingerprint density at radius 2 is 1.92 bits per heavy atom. The number of halogens is 1. The molecule has 78 valence electrons. The molecule has 13 heavy (non-hydrogen) atoms. The molecular formula is C7H14ClNO3S. The standard InChI is InChI=1S/C7H14ClNO3S/c8-13(10,11)7-1-2-9-3-5-12-6-4-9/h1-7H2. The second-order valence-corrected chi connectivity index (χ2v) is 5.95. The van der Waals surface area contributed by atoms with Crippen LogP contribution in [0.3, 0.4) is 0 Å². The summed E-state index contributed by atoms with van der Waals surface area (Å²) in [7, 11) is 1.77. The molecule has 0 saturated carbocycles. The second kappa shape index (κ2) is 5.14. The topological polar surface area (TPSA) is 46.6 Å². The first-order valence-corrected chi connectivity index (χ1v) is 6.78. The summed E-state index contributed by atoms with van der Waals surface area (Å²) in [5.74, 6) is 0.0614.